The molecule has 1 atom stereocenters. The molecule has 0 radical (unpaired) electrons. The normalized spacial score (nSPS) is 12.1. The van der Waals surface area contributed by atoms with Crippen LogP contribution in [0.3, 0.4) is 0 Å². The average molecular weight is 324 g/mol. The fraction of sp³-hybridized carbons (Fsp3) is 0.500. The molecule has 0 saturated carbocycles. The maximum atomic E-state index is 11.2. The molecule has 0 aromatic heterocycles. The molecule has 0 fully saturated rings. The lowest BCUT2D eigenvalue weighted by atomic mass is 10.2. The Balaban J connectivity index is 2.36. The van der Waals surface area contributed by atoms with E-state index in [0.717, 1.165) is 11.5 Å². The van der Waals surface area contributed by atoms with Crippen LogP contribution in [-0.4, -0.2) is 53.3 Å². The van der Waals surface area contributed by atoms with Gasteiger partial charge in [0.2, 0.25) is 5.91 Å². The van der Waals surface area contributed by atoms with E-state index >= 15 is 0 Å². The molecule has 0 aliphatic carbocycles. The predicted octanol–water partition coefficient (Wildman–Crippen LogP) is 1.83. The van der Waals surface area contributed by atoms with Gasteiger partial charge in [-0.1, -0.05) is 30.3 Å². The quantitative estimate of drug-likeness (QED) is 0.643. The van der Waals surface area contributed by atoms with Crippen LogP contribution in [0.2, 0.25) is 0 Å². The molecule has 6 heteroatoms. The Morgan fingerprint density at radius 3 is 2.55 bits per heavy atom. The monoisotopic (exact) mass is 324 g/mol. The SMILES string of the molecule is CC(=O)NCCN(CCSCc1ccccc1)C(C)C(=O)O. The second-order valence-corrected chi connectivity index (χ2v) is 6.18. The fourth-order valence-electron chi connectivity index (χ4n) is 1.98. The van der Waals surface area contributed by atoms with E-state index in [1.165, 1.54) is 12.5 Å². The number of carbonyl (C=O) groups excluding carboxylic acids is 1. The Kier molecular flexibility index (Phi) is 8.62. The fourth-order valence-corrected chi connectivity index (χ4v) is 2.91. The van der Waals surface area contributed by atoms with Crippen molar-refractivity contribution in [2.45, 2.75) is 25.6 Å². The van der Waals surface area contributed by atoms with E-state index in [-0.39, 0.29) is 5.91 Å². The molecule has 1 unspecified atom stereocenters. The topological polar surface area (TPSA) is 69.6 Å². The molecule has 122 valence electrons. The standard InChI is InChI=1S/C16H24N2O3S/c1-13(16(20)21)18(9-8-17-14(2)19)10-11-22-12-15-6-4-3-5-7-15/h3-7,13H,8-12H2,1-2H3,(H,17,19)(H,20,21). The van der Waals surface area contributed by atoms with Gasteiger partial charge in [0, 0.05) is 38.1 Å². The maximum absolute atomic E-state index is 11.2. The number of carboxylic acid groups (broad SMARTS) is 1. The van der Waals surface area contributed by atoms with Crippen molar-refractivity contribution in [3.05, 3.63) is 35.9 Å². The largest absolute Gasteiger partial charge is 0.480 e. The van der Waals surface area contributed by atoms with Crippen LogP contribution >= 0.6 is 11.8 Å². The zero-order valence-electron chi connectivity index (χ0n) is 13.1. The summed E-state index contributed by atoms with van der Waals surface area (Å²) in [6.45, 7) is 4.83. The first-order valence-electron chi connectivity index (χ1n) is 7.33. The van der Waals surface area contributed by atoms with Gasteiger partial charge in [-0.2, -0.15) is 11.8 Å². The van der Waals surface area contributed by atoms with E-state index < -0.39 is 12.0 Å². The van der Waals surface area contributed by atoms with Crippen molar-refractivity contribution in [1.29, 1.82) is 0 Å². The molecule has 0 spiro atoms. The number of hydrogen-bond acceptors (Lipinski definition) is 4. The van der Waals surface area contributed by atoms with Gasteiger partial charge in [0.1, 0.15) is 6.04 Å². The Morgan fingerprint density at radius 2 is 1.95 bits per heavy atom. The number of carboxylic acids is 1. The molecule has 1 aromatic rings. The summed E-state index contributed by atoms with van der Waals surface area (Å²) < 4.78 is 0. The molecule has 0 heterocycles. The number of carbonyl (C=O) groups is 2. The van der Waals surface area contributed by atoms with Crippen LogP contribution < -0.4 is 5.32 Å². The van der Waals surface area contributed by atoms with E-state index in [1.54, 1.807) is 18.7 Å². The Bertz CT molecular complexity index is 468. The number of thioether (sulfide) groups is 1. The minimum absolute atomic E-state index is 0.0959. The zero-order chi connectivity index (χ0) is 16.4. The first-order chi connectivity index (χ1) is 10.5. The van der Waals surface area contributed by atoms with Crippen LogP contribution in [0.5, 0.6) is 0 Å². The molecule has 2 N–H and O–H groups in total. The van der Waals surface area contributed by atoms with Crippen LogP contribution in [0.1, 0.15) is 19.4 Å². The van der Waals surface area contributed by atoms with E-state index in [9.17, 15) is 9.59 Å². The van der Waals surface area contributed by atoms with Crippen molar-refractivity contribution >= 4 is 23.6 Å². The highest BCUT2D eigenvalue weighted by atomic mass is 32.2. The lowest BCUT2D eigenvalue weighted by Gasteiger charge is -2.26. The van der Waals surface area contributed by atoms with Crippen LogP contribution in [0.4, 0.5) is 0 Å². The smallest absolute Gasteiger partial charge is 0.320 e. The first kappa shape index (κ1) is 18.5. The number of benzene rings is 1. The molecule has 1 rings (SSSR count). The third-order valence-corrected chi connectivity index (χ3v) is 4.32. The summed E-state index contributed by atoms with van der Waals surface area (Å²) in [5.74, 6) is 0.839. The highest BCUT2D eigenvalue weighted by Crippen LogP contribution is 2.12. The van der Waals surface area contributed by atoms with Crippen molar-refractivity contribution in [3.63, 3.8) is 0 Å². The second-order valence-electron chi connectivity index (χ2n) is 5.07. The van der Waals surface area contributed by atoms with Crippen LogP contribution in [0, 0.1) is 0 Å². The lowest BCUT2D eigenvalue weighted by molar-refractivity contribution is -0.142. The summed E-state index contributed by atoms with van der Waals surface area (Å²) in [5, 5.41) is 11.9. The molecule has 1 amide bonds. The van der Waals surface area contributed by atoms with Crippen molar-refractivity contribution < 1.29 is 14.7 Å². The first-order valence-corrected chi connectivity index (χ1v) is 8.49. The summed E-state index contributed by atoms with van der Waals surface area (Å²) in [5.41, 5.74) is 1.27. The van der Waals surface area contributed by atoms with Crippen molar-refractivity contribution in [2.24, 2.45) is 0 Å². The number of nitrogens with one attached hydrogen (secondary N) is 1. The average Bonchev–Trinajstić information content (AvgIpc) is 2.49. The van der Waals surface area contributed by atoms with Crippen molar-refractivity contribution in [2.75, 3.05) is 25.4 Å². The molecule has 0 aliphatic rings. The van der Waals surface area contributed by atoms with Crippen LogP contribution in [0.15, 0.2) is 30.3 Å². The van der Waals surface area contributed by atoms with E-state index in [0.29, 0.717) is 19.6 Å². The third-order valence-electron chi connectivity index (χ3n) is 3.31. The van der Waals surface area contributed by atoms with Gasteiger partial charge in [0.05, 0.1) is 0 Å². The molecule has 0 saturated heterocycles. The van der Waals surface area contributed by atoms with Gasteiger partial charge < -0.3 is 10.4 Å². The van der Waals surface area contributed by atoms with Crippen molar-refractivity contribution in [3.8, 4) is 0 Å². The third kappa shape index (κ3) is 7.47. The number of nitrogens with zero attached hydrogens (tertiary/aromatic N) is 1. The molecule has 0 bridgehead atoms. The van der Waals surface area contributed by atoms with E-state index in [1.807, 2.05) is 23.1 Å². The Morgan fingerprint density at radius 1 is 1.27 bits per heavy atom. The highest BCUT2D eigenvalue weighted by Gasteiger charge is 2.19. The maximum Gasteiger partial charge on any atom is 0.320 e. The molecule has 1 aromatic carbocycles. The minimum Gasteiger partial charge on any atom is -0.480 e. The molecular formula is C16H24N2O3S. The van der Waals surface area contributed by atoms with Gasteiger partial charge in [-0.05, 0) is 12.5 Å². The number of aliphatic carboxylic acids is 1. The molecule has 0 aliphatic heterocycles. The summed E-state index contributed by atoms with van der Waals surface area (Å²) in [6, 6.07) is 9.64. The minimum atomic E-state index is -0.837. The van der Waals surface area contributed by atoms with E-state index in [2.05, 4.69) is 17.4 Å². The second kappa shape index (κ2) is 10.2. The summed E-state index contributed by atoms with van der Waals surface area (Å²) in [6.07, 6.45) is 0. The zero-order valence-corrected chi connectivity index (χ0v) is 13.9. The molecule has 5 nitrogen and oxygen atoms in total. The van der Waals surface area contributed by atoms with Gasteiger partial charge in [-0.3, -0.25) is 14.5 Å². The van der Waals surface area contributed by atoms with Crippen LogP contribution in [-0.2, 0) is 15.3 Å². The summed E-state index contributed by atoms with van der Waals surface area (Å²) in [4.78, 5) is 23.9. The summed E-state index contributed by atoms with van der Waals surface area (Å²) >= 11 is 1.78. The Hall–Kier alpha value is -1.53. The summed E-state index contributed by atoms with van der Waals surface area (Å²) in [7, 11) is 0. The number of rotatable bonds is 10. The lowest BCUT2D eigenvalue weighted by Crippen LogP contribution is -2.44. The number of hydrogen-bond donors (Lipinski definition) is 2. The van der Waals surface area contributed by atoms with Crippen LogP contribution in [0.25, 0.3) is 0 Å². The van der Waals surface area contributed by atoms with Crippen molar-refractivity contribution in [1.82, 2.24) is 10.2 Å². The van der Waals surface area contributed by atoms with E-state index in [4.69, 9.17) is 5.11 Å². The van der Waals surface area contributed by atoms with Gasteiger partial charge in [-0.25, -0.2) is 0 Å². The predicted molar refractivity (Wildman–Crippen MR) is 90.0 cm³/mol. The van der Waals surface area contributed by atoms with Gasteiger partial charge in [0.15, 0.2) is 0 Å². The van der Waals surface area contributed by atoms with Gasteiger partial charge in [-0.15, -0.1) is 0 Å². The Labute approximate surface area is 136 Å². The highest BCUT2D eigenvalue weighted by molar-refractivity contribution is 7.98. The van der Waals surface area contributed by atoms with Gasteiger partial charge in [0.25, 0.3) is 0 Å². The van der Waals surface area contributed by atoms with Gasteiger partial charge >= 0.3 is 5.97 Å². The molecular weight excluding hydrogens is 300 g/mol. The number of amides is 1. The molecule has 22 heavy (non-hydrogen) atoms.